The minimum Gasteiger partial charge on any atom is -0.368 e. The number of hydrogen-bond acceptors (Lipinski definition) is 4. The number of halogens is 4. The first kappa shape index (κ1) is 31.2. The molecule has 0 aromatic heterocycles. The van der Waals surface area contributed by atoms with Crippen molar-refractivity contribution in [2.75, 3.05) is 39.3 Å². The summed E-state index contributed by atoms with van der Waals surface area (Å²) in [6.07, 6.45) is 2.76. The van der Waals surface area contributed by atoms with Gasteiger partial charge in [-0.15, -0.1) is 0 Å². The second kappa shape index (κ2) is 16.0. The van der Waals surface area contributed by atoms with Crippen LogP contribution in [0.1, 0.15) is 30.9 Å². The summed E-state index contributed by atoms with van der Waals surface area (Å²) in [6.45, 7) is 2.83. The third-order valence-electron chi connectivity index (χ3n) is 5.69. The van der Waals surface area contributed by atoms with Gasteiger partial charge < -0.3 is 20.9 Å². The number of primary amides is 1. The highest BCUT2D eigenvalue weighted by atomic mass is 35.5. The van der Waals surface area contributed by atoms with Crippen molar-refractivity contribution in [2.24, 2.45) is 5.73 Å². The van der Waals surface area contributed by atoms with Crippen LogP contribution in [0.4, 0.5) is 0 Å². The molecule has 0 saturated heterocycles. The van der Waals surface area contributed by atoms with E-state index in [-0.39, 0.29) is 38.6 Å². The number of nitrogens with two attached hydrogens (primary N) is 1. The molecule has 0 unspecified atom stereocenters. The van der Waals surface area contributed by atoms with Crippen LogP contribution in [0.15, 0.2) is 36.4 Å². The van der Waals surface area contributed by atoms with Crippen molar-refractivity contribution < 1.29 is 14.4 Å². The molecule has 11 heteroatoms. The predicted molar refractivity (Wildman–Crippen MR) is 150 cm³/mol. The SMILES string of the molecule is CCCCNCC(=O)N(CCc1ccc(Cl)cc1Cl)CC(=O)N(CCc1ccc(Cl)cc1Cl)CC(N)=O. The van der Waals surface area contributed by atoms with Crippen LogP contribution >= 0.6 is 46.4 Å². The lowest BCUT2D eigenvalue weighted by atomic mass is 10.1. The van der Waals surface area contributed by atoms with Gasteiger partial charge in [-0.1, -0.05) is 71.9 Å². The number of hydrogen-bond donors (Lipinski definition) is 2. The zero-order chi connectivity index (χ0) is 27.4. The molecular formula is C26H32Cl4N4O3. The average Bonchev–Trinajstić information content (AvgIpc) is 2.83. The second-order valence-corrected chi connectivity index (χ2v) is 10.3. The van der Waals surface area contributed by atoms with E-state index in [9.17, 15) is 14.4 Å². The Bertz CT molecular complexity index is 1080. The van der Waals surface area contributed by atoms with Crippen LogP contribution in [0.5, 0.6) is 0 Å². The molecule has 0 aliphatic carbocycles. The van der Waals surface area contributed by atoms with Crippen LogP contribution < -0.4 is 11.1 Å². The minimum absolute atomic E-state index is 0.0951. The van der Waals surface area contributed by atoms with E-state index in [4.69, 9.17) is 52.1 Å². The molecule has 2 rings (SSSR count). The maximum Gasteiger partial charge on any atom is 0.242 e. The lowest BCUT2D eigenvalue weighted by Gasteiger charge is -2.27. The van der Waals surface area contributed by atoms with E-state index < -0.39 is 11.8 Å². The smallest absolute Gasteiger partial charge is 0.242 e. The Morgan fingerprint density at radius 3 is 1.78 bits per heavy atom. The van der Waals surface area contributed by atoms with Crippen molar-refractivity contribution in [3.63, 3.8) is 0 Å². The fourth-order valence-electron chi connectivity index (χ4n) is 3.60. The highest BCUT2D eigenvalue weighted by Crippen LogP contribution is 2.22. The summed E-state index contributed by atoms with van der Waals surface area (Å²) in [7, 11) is 0. The molecule has 0 atom stereocenters. The molecule has 202 valence electrons. The molecule has 2 aromatic carbocycles. The minimum atomic E-state index is -0.650. The van der Waals surface area contributed by atoms with E-state index in [2.05, 4.69) is 12.2 Å². The summed E-state index contributed by atoms with van der Waals surface area (Å²) in [4.78, 5) is 40.8. The lowest BCUT2D eigenvalue weighted by molar-refractivity contribution is -0.141. The fraction of sp³-hybridized carbons (Fsp3) is 0.423. The molecule has 3 amide bonds. The van der Waals surface area contributed by atoms with Crippen LogP contribution in [-0.2, 0) is 27.2 Å². The van der Waals surface area contributed by atoms with Crippen LogP contribution in [0.3, 0.4) is 0 Å². The van der Waals surface area contributed by atoms with Crippen molar-refractivity contribution in [3.8, 4) is 0 Å². The number of carbonyl (C=O) groups excluding carboxylic acids is 3. The third-order valence-corrected chi connectivity index (χ3v) is 6.87. The van der Waals surface area contributed by atoms with Crippen LogP contribution in [-0.4, -0.2) is 66.8 Å². The standard InChI is InChI=1S/C26H32Cl4N4O3/c1-2-3-10-32-15-25(36)34(12-9-19-5-7-21(28)14-23(19)30)17-26(37)33(16-24(31)35)11-8-18-4-6-20(27)13-22(18)29/h4-7,13-14,32H,2-3,8-12,15-17H2,1H3,(H2,31,35). The Morgan fingerprint density at radius 2 is 1.32 bits per heavy atom. The van der Waals surface area contributed by atoms with E-state index >= 15 is 0 Å². The first-order chi connectivity index (χ1) is 17.6. The normalized spacial score (nSPS) is 10.8. The van der Waals surface area contributed by atoms with E-state index in [0.717, 1.165) is 24.0 Å². The number of carbonyl (C=O) groups is 3. The number of nitrogens with one attached hydrogen (secondary N) is 1. The molecule has 0 heterocycles. The molecule has 0 bridgehead atoms. The average molecular weight is 590 g/mol. The zero-order valence-electron chi connectivity index (χ0n) is 20.7. The van der Waals surface area contributed by atoms with E-state index in [1.54, 1.807) is 36.4 Å². The number of amides is 3. The Kier molecular flexibility index (Phi) is 13.5. The van der Waals surface area contributed by atoms with Gasteiger partial charge in [0, 0.05) is 33.2 Å². The summed E-state index contributed by atoms with van der Waals surface area (Å²) < 4.78 is 0. The molecular weight excluding hydrogens is 558 g/mol. The highest BCUT2D eigenvalue weighted by Gasteiger charge is 2.23. The molecule has 0 aliphatic rings. The zero-order valence-corrected chi connectivity index (χ0v) is 23.8. The highest BCUT2D eigenvalue weighted by molar-refractivity contribution is 6.35. The van der Waals surface area contributed by atoms with Gasteiger partial charge in [-0.2, -0.15) is 0 Å². The van der Waals surface area contributed by atoms with Gasteiger partial charge in [-0.25, -0.2) is 0 Å². The first-order valence-electron chi connectivity index (χ1n) is 12.0. The van der Waals surface area contributed by atoms with Crippen molar-refractivity contribution in [2.45, 2.75) is 32.6 Å². The van der Waals surface area contributed by atoms with Crippen molar-refractivity contribution in [3.05, 3.63) is 67.6 Å². The summed E-state index contributed by atoms with van der Waals surface area (Å²) in [5.74, 6) is -1.27. The van der Waals surface area contributed by atoms with Gasteiger partial charge in [-0.3, -0.25) is 14.4 Å². The third kappa shape index (κ3) is 11.1. The summed E-state index contributed by atoms with van der Waals surface area (Å²) in [5, 5.41) is 5.09. The molecule has 0 saturated carbocycles. The Balaban J connectivity index is 2.13. The van der Waals surface area contributed by atoms with E-state index in [1.807, 2.05) is 0 Å². The summed E-state index contributed by atoms with van der Waals surface area (Å²) >= 11 is 24.5. The van der Waals surface area contributed by atoms with Gasteiger partial charge in [0.1, 0.15) is 0 Å². The number of unbranched alkanes of at least 4 members (excludes halogenated alkanes) is 1. The molecule has 2 aromatic rings. The Morgan fingerprint density at radius 1 is 0.811 bits per heavy atom. The van der Waals surface area contributed by atoms with Crippen molar-refractivity contribution >= 4 is 64.1 Å². The van der Waals surface area contributed by atoms with Crippen LogP contribution in [0.2, 0.25) is 20.1 Å². The first-order valence-corrected chi connectivity index (χ1v) is 13.5. The van der Waals surface area contributed by atoms with Crippen molar-refractivity contribution in [1.29, 1.82) is 0 Å². The monoisotopic (exact) mass is 588 g/mol. The Labute approximate surface area is 238 Å². The number of nitrogens with zero attached hydrogens (tertiary/aromatic N) is 2. The fourth-order valence-corrected chi connectivity index (χ4v) is 4.61. The second-order valence-electron chi connectivity index (χ2n) is 8.60. The van der Waals surface area contributed by atoms with Crippen LogP contribution in [0, 0.1) is 0 Å². The van der Waals surface area contributed by atoms with E-state index in [1.165, 1.54) is 9.80 Å². The maximum atomic E-state index is 13.3. The molecule has 0 aliphatic heterocycles. The molecule has 37 heavy (non-hydrogen) atoms. The van der Waals surface area contributed by atoms with Gasteiger partial charge in [0.05, 0.1) is 19.6 Å². The molecule has 7 nitrogen and oxygen atoms in total. The summed E-state index contributed by atoms with van der Waals surface area (Å²) in [5.41, 5.74) is 6.99. The molecule has 3 N–H and O–H groups in total. The molecule has 0 fully saturated rings. The van der Waals surface area contributed by atoms with Gasteiger partial charge in [-0.05, 0) is 61.2 Å². The molecule has 0 radical (unpaired) electrons. The summed E-state index contributed by atoms with van der Waals surface area (Å²) in [6, 6.07) is 10.2. The quantitative estimate of drug-likeness (QED) is 0.296. The predicted octanol–water partition coefficient (Wildman–Crippen LogP) is 4.62. The number of rotatable bonds is 15. The lowest BCUT2D eigenvalue weighted by Crippen LogP contribution is -2.48. The van der Waals surface area contributed by atoms with Gasteiger partial charge in [0.25, 0.3) is 0 Å². The van der Waals surface area contributed by atoms with Crippen LogP contribution in [0.25, 0.3) is 0 Å². The van der Waals surface area contributed by atoms with Crippen molar-refractivity contribution in [1.82, 2.24) is 15.1 Å². The van der Waals surface area contributed by atoms with Gasteiger partial charge in [0.2, 0.25) is 17.7 Å². The Hall–Kier alpha value is -2.03. The number of benzene rings is 2. The van der Waals surface area contributed by atoms with E-state index in [0.29, 0.717) is 39.5 Å². The largest absolute Gasteiger partial charge is 0.368 e. The molecule has 0 spiro atoms. The van der Waals surface area contributed by atoms with Gasteiger partial charge in [0.15, 0.2) is 0 Å². The van der Waals surface area contributed by atoms with Gasteiger partial charge >= 0.3 is 0 Å². The topological polar surface area (TPSA) is 95.7 Å². The maximum absolute atomic E-state index is 13.3.